The van der Waals surface area contributed by atoms with E-state index >= 15 is 0 Å². The van der Waals surface area contributed by atoms with Crippen molar-refractivity contribution in [3.8, 4) is 0 Å². The van der Waals surface area contributed by atoms with Gasteiger partial charge in [-0.2, -0.15) is 0 Å². The molecule has 2 rings (SSSR count). The van der Waals surface area contributed by atoms with E-state index in [1.807, 2.05) is 18.4 Å². The Morgan fingerprint density at radius 2 is 2.18 bits per heavy atom. The van der Waals surface area contributed by atoms with E-state index < -0.39 is 5.82 Å². The van der Waals surface area contributed by atoms with Crippen LogP contribution >= 0.6 is 38.9 Å². The Morgan fingerprint density at radius 1 is 1.41 bits per heavy atom. The van der Waals surface area contributed by atoms with Crippen molar-refractivity contribution in [2.45, 2.75) is 13.0 Å². The number of rotatable bonds is 3. The van der Waals surface area contributed by atoms with Crippen LogP contribution in [0, 0.1) is 5.82 Å². The summed E-state index contributed by atoms with van der Waals surface area (Å²) < 4.78 is 14.1. The van der Waals surface area contributed by atoms with Gasteiger partial charge in [-0.3, -0.25) is 0 Å². The molecule has 1 nitrogen and oxygen atoms in total. The second-order valence-electron chi connectivity index (χ2n) is 3.63. The lowest BCUT2D eigenvalue weighted by Crippen LogP contribution is -2.05. The first-order valence-electron chi connectivity index (χ1n) is 5.02. The smallest absolute Gasteiger partial charge is 0.141 e. The Hall–Kier alpha value is -0.580. The van der Waals surface area contributed by atoms with E-state index in [0.717, 1.165) is 10.2 Å². The van der Waals surface area contributed by atoms with Gasteiger partial charge in [-0.15, -0.1) is 11.3 Å². The molecule has 0 aliphatic heterocycles. The van der Waals surface area contributed by atoms with Gasteiger partial charge in [0.05, 0.1) is 11.1 Å². The molecule has 1 aromatic carbocycles. The van der Waals surface area contributed by atoms with E-state index in [0.29, 0.717) is 0 Å². The molecular weight excluding hydrogens is 325 g/mol. The average Bonchev–Trinajstić information content (AvgIpc) is 2.70. The van der Waals surface area contributed by atoms with Gasteiger partial charge in [0.1, 0.15) is 5.82 Å². The molecule has 2 aromatic rings. The van der Waals surface area contributed by atoms with Crippen LogP contribution in [0.5, 0.6) is 0 Å². The lowest BCUT2D eigenvalue weighted by Gasteiger charge is -2.14. The Kier molecular flexibility index (Phi) is 4.07. The van der Waals surface area contributed by atoms with Crippen LogP contribution < -0.4 is 5.32 Å². The molecular formula is C12H10BrClFNS. The van der Waals surface area contributed by atoms with Crippen molar-refractivity contribution in [2.75, 3.05) is 5.32 Å². The van der Waals surface area contributed by atoms with Crippen molar-refractivity contribution in [1.29, 1.82) is 0 Å². The van der Waals surface area contributed by atoms with Crippen molar-refractivity contribution in [3.05, 3.63) is 49.8 Å². The molecule has 0 fully saturated rings. The van der Waals surface area contributed by atoms with Gasteiger partial charge >= 0.3 is 0 Å². The zero-order valence-electron chi connectivity index (χ0n) is 9.01. The van der Waals surface area contributed by atoms with Crippen LogP contribution in [-0.2, 0) is 0 Å². The molecule has 0 aliphatic carbocycles. The molecule has 0 saturated heterocycles. The van der Waals surface area contributed by atoms with Crippen LogP contribution in [0.15, 0.2) is 34.1 Å². The SMILES string of the molecule is CC(Nc1ccc(F)c(Cl)c1)c1sccc1Br. The molecule has 17 heavy (non-hydrogen) atoms. The highest BCUT2D eigenvalue weighted by atomic mass is 79.9. The third-order valence-electron chi connectivity index (χ3n) is 2.34. The van der Waals surface area contributed by atoms with E-state index in [4.69, 9.17) is 11.6 Å². The number of benzene rings is 1. The van der Waals surface area contributed by atoms with Gasteiger partial charge in [-0.1, -0.05) is 11.6 Å². The number of halogens is 3. The van der Waals surface area contributed by atoms with Crippen molar-refractivity contribution in [2.24, 2.45) is 0 Å². The summed E-state index contributed by atoms with van der Waals surface area (Å²) in [5, 5.41) is 5.44. The monoisotopic (exact) mass is 333 g/mol. The first-order chi connectivity index (χ1) is 8.08. The zero-order valence-corrected chi connectivity index (χ0v) is 12.2. The van der Waals surface area contributed by atoms with Crippen molar-refractivity contribution in [3.63, 3.8) is 0 Å². The third-order valence-corrected chi connectivity index (χ3v) is 4.68. The highest BCUT2D eigenvalue weighted by Gasteiger charge is 2.11. The number of anilines is 1. The molecule has 1 unspecified atom stereocenters. The molecule has 0 spiro atoms. The van der Waals surface area contributed by atoms with Gasteiger partial charge in [0, 0.05) is 15.0 Å². The van der Waals surface area contributed by atoms with Gasteiger partial charge in [-0.25, -0.2) is 4.39 Å². The van der Waals surface area contributed by atoms with E-state index in [-0.39, 0.29) is 11.1 Å². The minimum Gasteiger partial charge on any atom is -0.378 e. The van der Waals surface area contributed by atoms with E-state index in [1.54, 1.807) is 23.5 Å². The summed E-state index contributed by atoms with van der Waals surface area (Å²) in [6.45, 7) is 2.05. The summed E-state index contributed by atoms with van der Waals surface area (Å²) in [6, 6.07) is 6.79. The molecule has 5 heteroatoms. The predicted molar refractivity (Wildman–Crippen MR) is 75.5 cm³/mol. The van der Waals surface area contributed by atoms with Crippen LogP contribution in [-0.4, -0.2) is 0 Å². The number of hydrogen-bond donors (Lipinski definition) is 1. The standard InChI is InChI=1S/C12H10BrClFNS/c1-7(12-9(13)4-5-17-12)16-8-2-3-11(15)10(14)6-8/h2-7,16H,1H3. The summed E-state index contributed by atoms with van der Waals surface area (Å²) in [5.74, 6) is -0.401. The molecule has 0 bridgehead atoms. The fraction of sp³-hybridized carbons (Fsp3) is 0.167. The van der Waals surface area contributed by atoms with Gasteiger partial charge < -0.3 is 5.32 Å². The molecule has 1 N–H and O–H groups in total. The van der Waals surface area contributed by atoms with Gasteiger partial charge in [-0.05, 0) is 52.5 Å². The third kappa shape index (κ3) is 3.00. The van der Waals surface area contributed by atoms with Crippen LogP contribution in [0.1, 0.15) is 17.8 Å². The minimum atomic E-state index is -0.401. The Balaban J connectivity index is 2.16. The summed E-state index contributed by atoms with van der Waals surface area (Å²) in [6.07, 6.45) is 0. The summed E-state index contributed by atoms with van der Waals surface area (Å²) >= 11 is 10.9. The van der Waals surface area contributed by atoms with Crippen LogP contribution in [0.4, 0.5) is 10.1 Å². The number of nitrogens with one attached hydrogen (secondary N) is 1. The second kappa shape index (κ2) is 5.38. The molecule has 0 saturated carbocycles. The topological polar surface area (TPSA) is 12.0 Å². The Morgan fingerprint density at radius 3 is 2.76 bits per heavy atom. The summed E-state index contributed by atoms with van der Waals surface area (Å²) in [4.78, 5) is 1.20. The Bertz CT molecular complexity index is 529. The molecule has 1 aromatic heterocycles. The molecule has 0 radical (unpaired) electrons. The Labute approximate surface area is 117 Å². The van der Waals surface area contributed by atoms with Gasteiger partial charge in [0.15, 0.2) is 0 Å². The number of thiophene rings is 1. The fourth-order valence-corrected chi connectivity index (χ4v) is 3.42. The zero-order chi connectivity index (χ0) is 12.4. The van der Waals surface area contributed by atoms with E-state index in [2.05, 4.69) is 21.2 Å². The summed E-state index contributed by atoms with van der Waals surface area (Å²) in [5.41, 5.74) is 0.809. The quantitative estimate of drug-likeness (QED) is 0.784. The first-order valence-corrected chi connectivity index (χ1v) is 7.07. The van der Waals surface area contributed by atoms with Crippen molar-refractivity contribution >= 4 is 44.6 Å². The highest BCUT2D eigenvalue weighted by molar-refractivity contribution is 9.10. The highest BCUT2D eigenvalue weighted by Crippen LogP contribution is 2.31. The molecule has 1 heterocycles. The van der Waals surface area contributed by atoms with Crippen LogP contribution in [0.3, 0.4) is 0 Å². The second-order valence-corrected chi connectivity index (χ2v) is 5.84. The van der Waals surface area contributed by atoms with Gasteiger partial charge in [0.25, 0.3) is 0 Å². The molecule has 0 amide bonds. The van der Waals surface area contributed by atoms with Crippen LogP contribution in [0.25, 0.3) is 0 Å². The van der Waals surface area contributed by atoms with Gasteiger partial charge in [0.2, 0.25) is 0 Å². The summed E-state index contributed by atoms with van der Waals surface area (Å²) in [7, 11) is 0. The maximum absolute atomic E-state index is 13.0. The normalized spacial score (nSPS) is 12.5. The average molecular weight is 335 g/mol. The van der Waals surface area contributed by atoms with E-state index in [9.17, 15) is 4.39 Å². The van der Waals surface area contributed by atoms with Crippen molar-refractivity contribution in [1.82, 2.24) is 0 Å². The number of hydrogen-bond acceptors (Lipinski definition) is 2. The fourth-order valence-electron chi connectivity index (χ4n) is 1.52. The maximum Gasteiger partial charge on any atom is 0.141 e. The van der Waals surface area contributed by atoms with Crippen molar-refractivity contribution < 1.29 is 4.39 Å². The first kappa shape index (κ1) is 12.9. The van der Waals surface area contributed by atoms with Crippen LogP contribution in [0.2, 0.25) is 5.02 Å². The molecule has 0 aliphatic rings. The minimum absolute atomic E-state index is 0.132. The maximum atomic E-state index is 13.0. The lowest BCUT2D eigenvalue weighted by atomic mass is 10.2. The predicted octanol–water partition coefficient (Wildman–Crippen LogP) is 5.48. The molecule has 90 valence electrons. The largest absolute Gasteiger partial charge is 0.378 e. The molecule has 1 atom stereocenters. The van der Waals surface area contributed by atoms with E-state index in [1.165, 1.54) is 10.9 Å². The lowest BCUT2D eigenvalue weighted by molar-refractivity contribution is 0.628.